The van der Waals surface area contributed by atoms with Crippen molar-refractivity contribution < 1.29 is 28.6 Å². The quantitative estimate of drug-likeness (QED) is 0.308. The Labute approximate surface area is 235 Å². The van der Waals surface area contributed by atoms with Gasteiger partial charge in [0.05, 0.1) is 24.3 Å². The highest BCUT2D eigenvalue weighted by Crippen LogP contribution is 2.35. The molecule has 0 bridgehead atoms. The number of hydrogen-bond donors (Lipinski definition) is 1. The standard InChI is InChI=1S/C28H24ClN3O6S/c1-2-36-27(35)18-4-8-20(9-5-18)30-25(33)14-22-26(34)32(21-10-6-19(29)7-11-21)28(39)31(22)15-17-3-12-23-24(13-17)38-16-37-23/h3-13,22H,2,14-16H2,1H3,(H,30,33)/t22-/m1/s1. The zero-order chi connectivity index (χ0) is 27.5. The van der Waals surface area contributed by atoms with Gasteiger partial charge in [-0.25, -0.2) is 4.79 Å². The zero-order valence-corrected chi connectivity index (χ0v) is 22.5. The molecule has 0 spiro atoms. The molecular weight excluding hydrogens is 542 g/mol. The first-order valence-corrected chi connectivity index (χ1v) is 13.0. The third-order valence-electron chi connectivity index (χ3n) is 6.25. The number of anilines is 2. The summed E-state index contributed by atoms with van der Waals surface area (Å²) in [6.45, 7) is 2.42. The summed E-state index contributed by atoms with van der Waals surface area (Å²) in [5.41, 5.74) is 2.26. The largest absolute Gasteiger partial charge is 0.462 e. The molecule has 9 nitrogen and oxygen atoms in total. The molecule has 0 aromatic heterocycles. The zero-order valence-electron chi connectivity index (χ0n) is 20.9. The average Bonchev–Trinajstić information content (AvgIpc) is 3.48. The number of nitrogens with zero attached hydrogens (tertiary/aromatic N) is 2. The maximum atomic E-state index is 13.6. The van der Waals surface area contributed by atoms with Gasteiger partial charge in [-0.3, -0.25) is 14.5 Å². The number of carbonyl (C=O) groups is 3. The first-order valence-electron chi connectivity index (χ1n) is 12.2. The van der Waals surface area contributed by atoms with Crippen molar-refractivity contribution >= 4 is 58.1 Å². The molecule has 1 N–H and O–H groups in total. The van der Waals surface area contributed by atoms with Crippen molar-refractivity contribution in [1.82, 2.24) is 4.90 Å². The van der Waals surface area contributed by atoms with Gasteiger partial charge in [0.15, 0.2) is 16.6 Å². The highest BCUT2D eigenvalue weighted by atomic mass is 35.5. The molecule has 2 amide bonds. The normalized spacial score (nSPS) is 16.0. The number of hydrogen-bond acceptors (Lipinski definition) is 7. The van der Waals surface area contributed by atoms with Gasteiger partial charge in [-0.05, 0) is 85.4 Å². The molecule has 0 radical (unpaired) electrons. The summed E-state index contributed by atoms with van der Waals surface area (Å²) < 4.78 is 15.9. The van der Waals surface area contributed by atoms with E-state index in [1.807, 2.05) is 12.1 Å². The van der Waals surface area contributed by atoms with E-state index in [0.29, 0.717) is 33.5 Å². The Hall–Kier alpha value is -4.15. The fourth-order valence-corrected chi connectivity index (χ4v) is 4.88. The van der Waals surface area contributed by atoms with Crippen LogP contribution in [0.5, 0.6) is 11.5 Å². The number of amides is 2. The number of esters is 1. The van der Waals surface area contributed by atoms with Crippen LogP contribution in [0.25, 0.3) is 0 Å². The van der Waals surface area contributed by atoms with Crippen LogP contribution in [0.3, 0.4) is 0 Å². The molecule has 0 unspecified atom stereocenters. The number of thiocarbonyl (C=S) groups is 1. The van der Waals surface area contributed by atoms with Crippen molar-refractivity contribution in [2.75, 3.05) is 23.6 Å². The van der Waals surface area contributed by atoms with Gasteiger partial charge in [0.1, 0.15) is 6.04 Å². The van der Waals surface area contributed by atoms with Crippen LogP contribution >= 0.6 is 23.8 Å². The van der Waals surface area contributed by atoms with Crippen LogP contribution in [0.4, 0.5) is 11.4 Å². The van der Waals surface area contributed by atoms with E-state index in [1.165, 1.54) is 4.90 Å². The lowest BCUT2D eigenvalue weighted by atomic mass is 10.1. The van der Waals surface area contributed by atoms with E-state index in [0.717, 1.165) is 5.56 Å². The van der Waals surface area contributed by atoms with Crippen LogP contribution in [-0.4, -0.2) is 47.2 Å². The van der Waals surface area contributed by atoms with E-state index in [1.54, 1.807) is 66.4 Å². The minimum absolute atomic E-state index is 0.146. The Morgan fingerprint density at radius 3 is 2.49 bits per heavy atom. The van der Waals surface area contributed by atoms with Gasteiger partial charge >= 0.3 is 5.97 Å². The molecule has 39 heavy (non-hydrogen) atoms. The number of fused-ring (bicyclic) bond motifs is 1. The molecule has 0 saturated carbocycles. The van der Waals surface area contributed by atoms with E-state index >= 15 is 0 Å². The molecule has 2 aliphatic rings. The first kappa shape index (κ1) is 26.5. The molecule has 0 aliphatic carbocycles. The second-order valence-electron chi connectivity index (χ2n) is 8.81. The number of ether oxygens (including phenoxy) is 3. The highest BCUT2D eigenvalue weighted by molar-refractivity contribution is 7.80. The molecule has 1 atom stereocenters. The van der Waals surface area contributed by atoms with E-state index in [9.17, 15) is 14.4 Å². The molecule has 1 saturated heterocycles. The predicted molar refractivity (Wildman–Crippen MR) is 149 cm³/mol. The van der Waals surface area contributed by atoms with Gasteiger partial charge in [0, 0.05) is 17.3 Å². The Morgan fingerprint density at radius 2 is 1.77 bits per heavy atom. The summed E-state index contributed by atoms with van der Waals surface area (Å²) in [6.07, 6.45) is -0.146. The summed E-state index contributed by atoms with van der Waals surface area (Å²) in [5.74, 6) is 0.108. The van der Waals surface area contributed by atoms with Crippen molar-refractivity contribution in [3.05, 3.63) is 82.9 Å². The van der Waals surface area contributed by atoms with E-state index in [2.05, 4.69) is 5.32 Å². The molecule has 5 rings (SSSR count). The minimum atomic E-state index is -0.850. The molecule has 200 valence electrons. The maximum Gasteiger partial charge on any atom is 0.338 e. The maximum absolute atomic E-state index is 13.6. The summed E-state index contributed by atoms with van der Waals surface area (Å²) in [4.78, 5) is 41.8. The van der Waals surface area contributed by atoms with Gasteiger partial charge in [0.2, 0.25) is 12.7 Å². The SMILES string of the molecule is CCOC(=O)c1ccc(NC(=O)C[C@@H]2C(=O)N(c3ccc(Cl)cc3)C(=S)N2Cc2ccc3c(c2)OCO3)cc1. The molecule has 3 aromatic rings. The lowest BCUT2D eigenvalue weighted by molar-refractivity contribution is -0.124. The van der Waals surface area contributed by atoms with Crippen molar-refractivity contribution in [3.8, 4) is 11.5 Å². The van der Waals surface area contributed by atoms with Gasteiger partial charge < -0.3 is 24.4 Å². The van der Waals surface area contributed by atoms with E-state index in [4.69, 9.17) is 38.0 Å². The Kier molecular flexibility index (Phi) is 7.67. The molecular formula is C28H24ClN3O6S. The third kappa shape index (κ3) is 5.67. The van der Waals surface area contributed by atoms with Crippen LogP contribution < -0.4 is 19.7 Å². The van der Waals surface area contributed by atoms with Crippen LogP contribution in [0, 0.1) is 0 Å². The predicted octanol–water partition coefficient (Wildman–Crippen LogP) is 4.78. The van der Waals surface area contributed by atoms with Crippen LogP contribution in [0.1, 0.15) is 29.3 Å². The molecule has 2 aliphatic heterocycles. The number of nitrogens with one attached hydrogen (secondary N) is 1. The van der Waals surface area contributed by atoms with Gasteiger partial charge in [-0.2, -0.15) is 0 Å². The molecule has 3 aromatic carbocycles. The topological polar surface area (TPSA) is 97.4 Å². The molecule has 2 heterocycles. The number of rotatable bonds is 8. The summed E-state index contributed by atoms with van der Waals surface area (Å²) in [7, 11) is 0. The third-order valence-corrected chi connectivity index (χ3v) is 6.92. The fraction of sp³-hybridized carbons (Fsp3) is 0.214. The van der Waals surface area contributed by atoms with Crippen molar-refractivity contribution in [1.29, 1.82) is 0 Å². The van der Waals surface area contributed by atoms with E-state index in [-0.39, 0.29) is 43.3 Å². The van der Waals surface area contributed by atoms with Crippen molar-refractivity contribution in [3.63, 3.8) is 0 Å². The molecule has 1 fully saturated rings. The second-order valence-corrected chi connectivity index (χ2v) is 9.62. The molecule has 11 heteroatoms. The number of benzene rings is 3. The van der Waals surface area contributed by atoms with Gasteiger partial charge in [-0.15, -0.1) is 0 Å². The summed E-state index contributed by atoms with van der Waals surface area (Å²) >= 11 is 11.8. The Morgan fingerprint density at radius 1 is 1.05 bits per heavy atom. The Bertz CT molecular complexity index is 1430. The van der Waals surface area contributed by atoms with E-state index < -0.39 is 12.0 Å². The minimum Gasteiger partial charge on any atom is -0.462 e. The van der Waals surface area contributed by atoms with Crippen LogP contribution in [-0.2, 0) is 20.9 Å². The van der Waals surface area contributed by atoms with Crippen LogP contribution in [0.15, 0.2) is 66.7 Å². The summed E-state index contributed by atoms with van der Waals surface area (Å²) in [6, 6.07) is 17.8. The first-order chi connectivity index (χ1) is 18.8. The van der Waals surface area contributed by atoms with Crippen molar-refractivity contribution in [2.45, 2.75) is 25.9 Å². The Balaban J connectivity index is 1.36. The van der Waals surface area contributed by atoms with Gasteiger partial charge in [-0.1, -0.05) is 17.7 Å². The van der Waals surface area contributed by atoms with Crippen molar-refractivity contribution in [2.24, 2.45) is 0 Å². The average molecular weight is 566 g/mol. The highest BCUT2D eigenvalue weighted by Gasteiger charge is 2.44. The fourth-order valence-electron chi connectivity index (χ4n) is 4.37. The lowest BCUT2D eigenvalue weighted by Gasteiger charge is -2.24. The smallest absolute Gasteiger partial charge is 0.338 e. The second kappa shape index (κ2) is 11.3. The van der Waals surface area contributed by atoms with Crippen LogP contribution in [0.2, 0.25) is 5.02 Å². The van der Waals surface area contributed by atoms with Gasteiger partial charge in [0.25, 0.3) is 5.91 Å². The lowest BCUT2D eigenvalue weighted by Crippen LogP contribution is -2.37. The summed E-state index contributed by atoms with van der Waals surface area (Å²) in [5, 5.41) is 3.60. The monoisotopic (exact) mass is 565 g/mol. The number of carbonyl (C=O) groups excluding carboxylic acids is 3. The number of halogens is 1.